The standard InChI is InChI=1S/C8H5ClINO2/c1-13-8-3-7(11-4-12)6(10)2-5(8)9/h2-3H,1H3. The van der Waals surface area contributed by atoms with E-state index in [1.54, 1.807) is 12.1 Å². The van der Waals surface area contributed by atoms with Crippen LogP contribution in [-0.4, -0.2) is 13.2 Å². The summed E-state index contributed by atoms with van der Waals surface area (Å²) < 4.78 is 5.75. The minimum absolute atomic E-state index is 0.496. The summed E-state index contributed by atoms with van der Waals surface area (Å²) in [6, 6.07) is 3.27. The van der Waals surface area contributed by atoms with Crippen LogP contribution in [0.5, 0.6) is 5.75 Å². The second-order valence-corrected chi connectivity index (χ2v) is 3.71. The molecule has 0 unspecified atom stereocenters. The molecule has 0 fully saturated rings. The molecular weight excluding hydrogens is 304 g/mol. The van der Waals surface area contributed by atoms with Crippen molar-refractivity contribution in [1.29, 1.82) is 0 Å². The predicted molar refractivity (Wildman–Crippen MR) is 58.5 cm³/mol. The normalized spacial score (nSPS) is 9.15. The number of carbonyl (C=O) groups excluding carboxylic acids is 1. The number of methoxy groups -OCH3 is 1. The molecule has 0 bridgehead atoms. The zero-order valence-corrected chi connectivity index (χ0v) is 9.59. The van der Waals surface area contributed by atoms with Crippen LogP contribution in [0.25, 0.3) is 0 Å². The number of hydrogen-bond donors (Lipinski definition) is 0. The van der Waals surface area contributed by atoms with E-state index in [0.29, 0.717) is 16.5 Å². The topological polar surface area (TPSA) is 38.7 Å². The van der Waals surface area contributed by atoms with Gasteiger partial charge in [0.1, 0.15) is 5.75 Å². The van der Waals surface area contributed by atoms with E-state index < -0.39 is 0 Å². The van der Waals surface area contributed by atoms with Crippen LogP contribution in [0.3, 0.4) is 0 Å². The Hall–Kier alpha value is -0.580. The summed E-state index contributed by atoms with van der Waals surface area (Å²) in [5.74, 6) is 0.496. The Labute approximate surface area is 93.9 Å². The van der Waals surface area contributed by atoms with Crippen LogP contribution in [-0.2, 0) is 4.79 Å². The van der Waals surface area contributed by atoms with Crippen molar-refractivity contribution >= 4 is 46.0 Å². The molecular formula is C8H5ClINO2. The van der Waals surface area contributed by atoms with E-state index >= 15 is 0 Å². The molecule has 3 nitrogen and oxygen atoms in total. The van der Waals surface area contributed by atoms with Gasteiger partial charge in [0, 0.05) is 9.64 Å². The smallest absolute Gasteiger partial charge is 0.240 e. The van der Waals surface area contributed by atoms with Crippen LogP contribution in [0.2, 0.25) is 5.02 Å². The fourth-order valence-corrected chi connectivity index (χ4v) is 1.82. The van der Waals surface area contributed by atoms with Crippen molar-refractivity contribution in [1.82, 2.24) is 0 Å². The number of rotatable bonds is 2. The Bertz CT molecular complexity index is 375. The number of halogens is 2. The third kappa shape index (κ3) is 2.43. The lowest BCUT2D eigenvalue weighted by Crippen LogP contribution is -1.85. The molecule has 1 aromatic carbocycles. The Morgan fingerprint density at radius 3 is 2.85 bits per heavy atom. The molecule has 0 saturated carbocycles. The number of hydrogen-bond acceptors (Lipinski definition) is 3. The average Bonchev–Trinajstić information content (AvgIpc) is 2.10. The molecule has 1 aromatic rings. The van der Waals surface area contributed by atoms with Crippen LogP contribution in [0.4, 0.5) is 5.69 Å². The summed E-state index contributed by atoms with van der Waals surface area (Å²) in [5, 5.41) is 0.497. The molecule has 0 N–H and O–H groups in total. The number of nitrogens with zero attached hydrogens (tertiary/aromatic N) is 1. The van der Waals surface area contributed by atoms with Crippen molar-refractivity contribution < 1.29 is 9.53 Å². The molecule has 0 spiro atoms. The fourth-order valence-electron chi connectivity index (χ4n) is 0.810. The third-order valence-corrected chi connectivity index (χ3v) is 2.55. The maximum atomic E-state index is 10.0. The van der Waals surface area contributed by atoms with Gasteiger partial charge in [-0.05, 0) is 28.7 Å². The first-order chi connectivity index (χ1) is 6.19. The van der Waals surface area contributed by atoms with Crippen molar-refractivity contribution in [3.8, 4) is 5.75 Å². The number of ether oxygens (including phenoxy) is 1. The minimum Gasteiger partial charge on any atom is -0.495 e. The minimum atomic E-state index is 0.496. The van der Waals surface area contributed by atoms with E-state index in [1.165, 1.54) is 13.2 Å². The Morgan fingerprint density at radius 1 is 1.62 bits per heavy atom. The van der Waals surface area contributed by atoms with Gasteiger partial charge in [0.15, 0.2) is 0 Å². The quantitative estimate of drug-likeness (QED) is 0.479. The van der Waals surface area contributed by atoms with Crippen LogP contribution in [0.15, 0.2) is 17.1 Å². The van der Waals surface area contributed by atoms with Crippen molar-refractivity contribution in [3.05, 3.63) is 20.7 Å². The summed E-state index contributed by atoms with van der Waals surface area (Å²) in [5.41, 5.74) is 0.511. The van der Waals surface area contributed by atoms with Crippen molar-refractivity contribution in [2.75, 3.05) is 7.11 Å². The first-order valence-corrected chi connectivity index (χ1v) is 4.75. The molecule has 68 valence electrons. The van der Waals surface area contributed by atoms with E-state index in [2.05, 4.69) is 4.99 Å². The zero-order valence-electron chi connectivity index (χ0n) is 6.67. The molecule has 0 aliphatic carbocycles. The SMILES string of the molecule is COc1cc(N=C=O)c(I)cc1Cl. The largest absolute Gasteiger partial charge is 0.495 e. The molecule has 0 saturated heterocycles. The Balaban J connectivity index is 3.29. The highest BCUT2D eigenvalue weighted by atomic mass is 127. The molecule has 0 aliphatic heterocycles. The van der Waals surface area contributed by atoms with Gasteiger partial charge in [-0.1, -0.05) is 11.6 Å². The van der Waals surface area contributed by atoms with Gasteiger partial charge in [0.2, 0.25) is 6.08 Å². The predicted octanol–water partition coefficient (Wildman–Crippen LogP) is 2.92. The second kappa shape index (κ2) is 4.60. The lowest BCUT2D eigenvalue weighted by Gasteiger charge is -2.04. The van der Waals surface area contributed by atoms with Gasteiger partial charge in [-0.3, -0.25) is 0 Å². The van der Waals surface area contributed by atoms with Gasteiger partial charge in [-0.15, -0.1) is 0 Å². The summed E-state index contributed by atoms with van der Waals surface area (Å²) in [7, 11) is 1.50. The molecule has 13 heavy (non-hydrogen) atoms. The molecule has 0 aromatic heterocycles. The Morgan fingerprint density at radius 2 is 2.31 bits per heavy atom. The van der Waals surface area contributed by atoms with E-state index in [4.69, 9.17) is 16.3 Å². The molecule has 0 amide bonds. The van der Waals surface area contributed by atoms with E-state index in [-0.39, 0.29) is 0 Å². The van der Waals surface area contributed by atoms with Crippen molar-refractivity contribution in [2.24, 2.45) is 4.99 Å². The lowest BCUT2D eigenvalue weighted by atomic mass is 10.3. The van der Waals surface area contributed by atoms with Gasteiger partial charge in [0.25, 0.3) is 0 Å². The molecule has 0 heterocycles. The zero-order chi connectivity index (χ0) is 9.84. The molecule has 5 heteroatoms. The second-order valence-electron chi connectivity index (χ2n) is 2.14. The number of benzene rings is 1. The molecule has 1 rings (SSSR count). The number of aliphatic imine (C=N–C) groups is 1. The van der Waals surface area contributed by atoms with Gasteiger partial charge in [0.05, 0.1) is 17.8 Å². The average molecular weight is 309 g/mol. The Kier molecular flexibility index (Phi) is 3.71. The van der Waals surface area contributed by atoms with Crippen LogP contribution >= 0.6 is 34.2 Å². The first kappa shape index (κ1) is 10.5. The van der Waals surface area contributed by atoms with Crippen molar-refractivity contribution in [2.45, 2.75) is 0 Å². The highest BCUT2D eigenvalue weighted by Crippen LogP contribution is 2.33. The van der Waals surface area contributed by atoms with Crippen LogP contribution < -0.4 is 4.74 Å². The third-order valence-electron chi connectivity index (χ3n) is 1.39. The van der Waals surface area contributed by atoms with Crippen LogP contribution in [0, 0.1) is 3.57 Å². The summed E-state index contributed by atoms with van der Waals surface area (Å²) >= 11 is 7.86. The van der Waals surface area contributed by atoms with E-state index in [0.717, 1.165) is 3.57 Å². The first-order valence-electron chi connectivity index (χ1n) is 3.30. The van der Waals surface area contributed by atoms with Gasteiger partial charge < -0.3 is 4.74 Å². The highest BCUT2D eigenvalue weighted by Gasteiger charge is 2.05. The maximum absolute atomic E-state index is 10.0. The molecule has 0 atom stereocenters. The molecule has 0 radical (unpaired) electrons. The maximum Gasteiger partial charge on any atom is 0.240 e. The summed E-state index contributed by atoms with van der Waals surface area (Å²) in [6.07, 6.45) is 1.47. The van der Waals surface area contributed by atoms with Gasteiger partial charge >= 0.3 is 0 Å². The van der Waals surface area contributed by atoms with E-state index in [1.807, 2.05) is 22.6 Å². The highest BCUT2D eigenvalue weighted by molar-refractivity contribution is 14.1. The molecule has 0 aliphatic rings. The van der Waals surface area contributed by atoms with Gasteiger partial charge in [-0.2, -0.15) is 4.99 Å². The van der Waals surface area contributed by atoms with E-state index in [9.17, 15) is 4.79 Å². The lowest BCUT2D eigenvalue weighted by molar-refractivity contribution is 0.415. The summed E-state index contributed by atoms with van der Waals surface area (Å²) in [6.45, 7) is 0. The monoisotopic (exact) mass is 309 g/mol. The van der Waals surface area contributed by atoms with Gasteiger partial charge in [-0.25, -0.2) is 4.79 Å². The fraction of sp³-hybridized carbons (Fsp3) is 0.125. The van der Waals surface area contributed by atoms with Crippen molar-refractivity contribution in [3.63, 3.8) is 0 Å². The summed E-state index contributed by atoms with van der Waals surface area (Å²) in [4.78, 5) is 13.5. The number of isocyanates is 1. The van der Waals surface area contributed by atoms with Crippen LogP contribution in [0.1, 0.15) is 0 Å².